The number of fused-ring (bicyclic) bond motifs is 1. The van der Waals surface area contributed by atoms with Crippen LogP contribution in [0.5, 0.6) is 0 Å². The van der Waals surface area contributed by atoms with Crippen LogP contribution in [0.25, 0.3) is 11.1 Å². The van der Waals surface area contributed by atoms with Crippen molar-refractivity contribution in [1.29, 1.82) is 0 Å². The topological polar surface area (TPSA) is 105 Å². The number of benzene rings is 1. The van der Waals surface area contributed by atoms with Crippen molar-refractivity contribution < 1.29 is 22.3 Å². The minimum absolute atomic E-state index is 0.0621. The van der Waals surface area contributed by atoms with Gasteiger partial charge in [-0.2, -0.15) is 4.98 Å². The van der Waals surface area contributed by atoms with Gasteiger partial charge in [0, 0.05) is 12.8 Å². The number of aromatic nitrogens is 1. The number of ether oxygens (including phenoxy) is 2. The van der Waals surface area contributed by atoms with Gasteiger partial charge in [0.2, 0.25) is 9.84 Å². The number of rotatable bonds is 7. The van der Waals surface area contributed by atoms with Gasteiger partial charge < -0.3 is 19.6 Å². The second-order valence-corrected chi connectivity index (χ2v) is 6.12. The lowest BCUT2D eigenvalue weighted by Gasteiger charge is -2.02. The van der Waals surface area contributed by atoms with Crippen LogP contribution >= 0.6 is 0 Å². The third-order valence-electron chi connectivity index (χ3n) is 2.59. The molecule has 0 bridgehead atoms. The van der Waals surface area contributed by atoms with Crippen molar-refractivity contribution in [2.24, 2.45) is 0 Å². The smallest absolute Gasteiger partial charge is 0.316 e. The molecule has 0 aliphatic rings. The number of hydrogen-bond donors (Lipinski definition) is 1. The molecule has 0 amide bonds. The lowest BCUT2D eigenvalue weighted by Crippen LogP contribution is -2.14. The summed E-state index contributed by atoms with van der Waals surface area (Å²) in [5, 5.41) is -0.312. The Kier molecular flexibility index (Phi) is 4.58. The second kappa shape index (κ2) is 6.21. The van der Waals surface area contributed by atoms with Crippen LogP contribution in [-0.4, -0.2) is 46.1 Å². The Morgan fingerprint density at radius 2 is 2.10 bits per heavy atom. The van der Waals surface area contributed by atoms with Gasteiger partial charge in [-0.15, -0.1) is 0 Å². The zero-order valence-corrected chi connectivity index (χ0v) is 11.9. The van der Waals surface area contributed by atoms with Crippen LogP contribution in [-0.2, 0) is 19.3 Å². The molecule has 20 heavy (non-hydrogen) atoms. The summed E-state index contributed by atoms with van der Waals surface area (Å²) in [4.78, 5) is 3.95. The fourth-order valence-electron chi connectivity index (χ4n) is 1.56. The molecule has 0 aliphatic heterocycles. The maximum absolute atomic E-state index is 12.0. The zero-order valence-electron chi connectivity index (χ0n) is 11.0. The van der Waals surface area contributed by atoms with Crippen molar-refractivity contribution in [3.05, 3.63) is 18.2 Å². The van der Waals surface area contributed by atoms with Gasteiger partial charge in [0.05, 0.1) is 25.6 Å². The Labute approximate surface area is 116 Å². The molecule has 0 spiro atoms. The maximum Gasteiger partial charge on any atom is 0.316 e. The largest absolute Gasteiger partial charge is 0.428 e. The molecule has 0 atom stereocenters. The molecule has 0 saturated heterocycles. The van der Waals surface area contributed by atoms with E-state index in [0.29, 0.717) is 30.0 Å². The second-order valence-electron chi connectivity index (χ2n) is 4.13. The molecule has 1 aromatic carbocycles. The summed E-state index contributed by atoms with van der Waals surface area (Å²) >= 11 is 0. The van der Waals surface area contributed by atoms with E-state index in [4.69, 9.17) is 19.6 Å². The van der Waals surface area contributed by atoms with E-state index in [1.807, 2.05) is 0 Å². The zero-order chi connectivity index (χ0) is 14.6. The van der Waals surface area contributed by atoms with Crippen LogP contribution < -0.4 is 5.73 Å². The van der Waals surface area contributed by atoms with Crippen molar-refractivity contribution in [3.63, 3.8) is 0 Å². The Morgan fingerprint density at radius 1 is 1.30 bits per heavy atom. The molecule has 2 aromatic rings. The van der Waals surface area contributed by atoms with Crippen molar-refractivity contribution in [1.82, 2.24) is 4.98 Å². The quantitative estimate of drug-likeness (QED) is 0.597. The molecule has 110 valence electrons. The SMILES string of the molecule is COCCOCCS(=O)(=O)c1nc2cc(N)ccc2o1. The van der Waals surface area contributed by atoms with E-state index in [2.05, 4.69) is 4.98 Å². The Bertz CT molecular complexity index is 680. The van der Waals surface area contributed by atoms with Gasteiger partial charge in [0.15, 0.2) is 5.58 Å². The summed E-state index contributed by atoms with van der Waals surface area (Å²) in [6, 6.07) is 4.77. The number of methoxy groups -OCH3 is 1. The highest BCUT2D eigenvalue weighted by Crippen LogP contribution is 2.21. The van der Waals surface area contributed by atoms with Gasteiger partial charge in [0.1, 0.15) is 5.52 Å². The first-order valence-corrected chi connectivity index (χ1v) is 7.63. The number of nitrogen functional groups attached to an aromatic ring is 1. The van der Waals surface area contributed by atoms with Crippen LogP contribution in [0.1, 0.15) is 0 Å². The third kappa shape index (κ3) is 3.47. The lowest BCUT2D eigenvalue weighted by molar-refractivity contribution is 0.0784. The highest BCUT2D eigenvalue weighted by Gasteiger charge is 2.21. The first kappa shape index (κ1) is 14.8. The van der Waals surface area contributed by atoms with E-state index in [0.717, 1.165) is 0 Å². The van der Waals surface area contributed by atoms with Crippen LogP contribution in [0.3, 0.4) is 0 Å². The molecule has 7 nitrogen and oxygen atoms in total. The van der Waals surface area contributed by atoms with Crippen LogP contribution in [0.2, 0.25) is 0 Å². The maximum atomic E-state index is 12.0. The van der Waals surface area contributed by atoms with Gasteiger partial charge >= 0.3 is 5.22 Å². The fraction of sp³-hybridized carbons (Fsp3) is 0.417. The van der Waals surface area contributed by atoms with Gasteiger partial charge in [-0.1, -0.05) is 0 Å². The normalized spacial score (nSPS) is 12.1. The van der Waals surface area contributed by atoms with Crippen molar-refractivity contribution in [3.8, 4) is 0 Å². The van der Waals surface area contributed by atoms with E-state index in [1.54, 1.807) is 25.3 Å². The van der Waals surface area contributed by atoms with Gasteiger partial charge in [0.25, 0.3) is 0 Å². The number of sulfone groups is 1. The number of oxazole rings is 1. The minimum atomic E-state index is -3.61. The summed E-state index contributed by atoms with van der Waals surface area (Å²) < 4.78 is 39.2. The Hall–Kier alpha value is -1.64. The predicted octanol–water partition coefficient (Wildman–Crippen LogP) is 0.847. The molecular weight excluding hydrogens is 284 g/mol. The predicted molar refractivity (Wildman–Crippen MR) is 73.2 cm³/mol. The molecule has 2 N–H and O–H groups in total. The molecule has 8 heteroatoms. The lowest BCUT2D eigenvalue weighted by atomic mass is 10.3. The monoisotopic (exact) mass is 300 g/mol. The van der Waals surface area contributed by atoms with Crippen LogP contribution in [0.15, 0.2) is 27.8 Å². The molecule has 0 fully saturated rings. The van der Waals surface area contributed by atoms with Crippen molar-refractivity contribution in [2.45, 2.75) is 5.22 Å². The first-order valence-electron chi connectivity index (χ1n) is 5.98. The van der Waals surface area contributed by atoms with Gasteiger partial charge in [-0.25, -0.2) is 8.42 Å². The average Bonchev–Trinajstić information content (AvgIpc) is 2.82. The molecule has 1 heterocycles. The number of hydrogen-bond acceptors (Lipinski definition) is 7. The summed E-state index contributed by atoms with van der Waals surface area (Å²) in [5.41, 5.74) is 6.91. The van der Waals surface area contributed by atoms with Gasteiger partial charge in [-0.3, -0.25) is 0 Å². The van der Waals surface area contributed by atoms with Crippen molar-refractivity contribution in [2.75, 3.05) is 38.4 Å². The molecule has 0 unspecified atom stereocenters. The molecule has 2 rings (SSSR count). The highest BCUT2D eigenvalue weighted by atomic mass is 32.2. The molecule has 1 aromatic heterocycles. The van der Waals surface area contributed by atoms with Crippen LogP contribution in [0.4, 0.5) is 5.69 Å². The first-order chi connectivity index (χ1) is 9.53. The van der Waals surface area contributed by atoms with E-state index < -0.39 is 9.84 Å². The highest BCUT2D eigenvalue weighted by molar-refractivity contribution is 7.91. The van der Waals surface area contributed by atoms with E-state index in [1.165, 1.54) is 0 Å². The van der Waals surface area contributed by atoms with E-state index in [-0.39, 0.29) is 17.6 Å². The molecule has 0 aliphatic carbocycles. The van der Waals surface area contributed by atoms with E-state index in [9.17, 15) is 8.42 Å². The standard InChI is InChI=1S/C12H16N2O5S/c1-17-4-5-18-6-7-20(15,16)12-14-10-8-9(13)2-3-11(10)19-12/h2-3,8H,4-7,13H2,1H3. The van der Waals surface area contributed by atoms with E-state index >= 15 is 0 Å². The Balaban J connectivity index is 2.07. The van der Waals surface area contributed by atoms with Gasteiger partial charge in [-0.05, 0) is 18.2 Å². The molecular formula is C12H16N2O5S. The summed E-state index contributed by atoms with van der Waals surface area (Å²) in [7, 11) is -2.06. The molecule has 0 saturated carbocycles. The van der Waals surface area contributed by atoms with Crippen molar-refractivity contribution >= 4 is 26.6 Å². The number of nitrogens with zero attached hydrogens (tertiary/aromatic N) is 1. The summed E-state index contributed by atoms with van der Waals surface area (Å²) in [6.45, 7) is 0.824. The number of nitrogens with two attached hydrogens (primary N) is 1. The fourth-order valence-corrected chi connectivity index (χ4v) is 2.52. The minimum Gasteiger partial charge on any atom is -0.428 e. The summed E-state index contributed by atoms with van der Waals surface area (Å²) in [6.07, 6.45) is 0. The Morgan fingerprint density at radius 3 is 2.85 bits per heavy atom. The summed E-state index contributed by atoms with van der Waals surface area (Å²) in [5.74, 6) is -0.195. The average molecular weight is 300 g/mol. The third-order valence-corrected chi connectivity index (χ3v) is 4.00. The molecule has 0 radical (unpaired) electrons. The number of anilines is 1. The van der Waals surface area contributed by atoms with Crippen LogP contribution in [0, 0.1) is 0 Å².